The third-order valence-electron chi connectivity index (χ3n) is 2.74. The Morgan fingerprint density at radius 3 is 2.84 bits per heavy atom. The number of esters is 1. The van der Waals surface area contributed by atoms with Crippen molar-refractivity contribution < 1.29 is 9.53 Å². The Kier molecular flexibility index (Phi) is 3.75. The molecule has 0 N–H and O–H groups in total. The van der Waals surface area contributed by atoms with Gasteiger partial charge in [-0.15, -0.1) is 0 Å². The fraction of sp³-hybridized carbons (Fsp3) is 0.214. The second-order valence-corrected chi connectivity index (χ2v) is 3.84. The van der Waals surface area contributed by atoms with E-state index in [1.807, 2.05) is 26.0 Å². The number of aromatic nitrogens is 2. The van der Waals surface area contributed by atoms with Crippen molar-refractivity contribution in [3.8, 4) is 0 Å². The summed E-state index contributed by atoms with van der Waals surface area (Å²) in [4.78, 5) is 20.3. The number of nitrogens with zero attached hydrogens (tertiary/aromatic N) is 3. The molecule has 5 nitrogen and oxygen atoms in total. The summed E-state index contributed by atoms with van der Waals surface area (Å²) in [6.45, 7) is 3.74. The van der Waals surface area contributed by atoms with Gasteiger partial charge in [0.1, 0.15) is 11.3 Å². The molecule has 0 aliphatic heterocycles. The molecule has 0 radical (unpaired) electrons. The zero-order valence-corrected chi connectivity index (χ0v) is 11.1. The molecule has 2 rings (SSSR count). The molecule has 19 heavy (non-hydrogen) atoms. The fourth-order valence-corrected chi connectivity index (χ4v) is 1.89. The first-order chi connectivity index (χ1) is 9.21. The van der Waals surface area contributed by atoms with Crippen molar-refractivity contribution in [3.05, 3.63) is 41.9 Å². The van der Waals surface area contributed by atoms with Crippen LogP contribution in [-0.2, 0) is 4.74 Å². The van der Waals surface area contributed by atoms with Gasteiger partial charge < -0.3 is 4.74 Å². The largest absolute Gasteiger partial charge is 0.464 e. The second kappa shape index (κ2) is 5.48. The minimum absolute atomic E-state index is 0.402. The standard InChI is InChI=1S/C14H15N3O2/c1-4-11(15-5-2)10-8-12(14(18)19-3)17-7-6-16-13(17)9-10/h4-9H,1-3H3/b11-4-,15-5-. The van der Waals surface area contributed by atoms with E-state index in [1.165, 1.54) is 7.11 Å². The zero-order valence-electron chi connectivity index (χ0n) is 11.1. The lowest BCUT2D eigenvalue weighted by atomic mass is 10.1. The highest BCUT2D eigenvalue weighted by Gasteiger charge is 2.13. The van der Waals surface area contributed by atoms with Crippen LogP contribution in [-0.4, -0.2) is 28.7 Å². The number of pyridine rings is 1. The van der Waals surface area contributed by atoms with E-state index in [0.29, 0.717) is 11.3 Å². The molecule has 0 amide bonds. The van der Waals surface area contributed by atoms with Gasteiger partial charge in [0, 0.05) is 24.2 Å². The lowest BCUT2D eigenvalue weighted by molar-refractivity contribution is 0.0592. The van der Waals surface area contributed by atoms with Crippen LogP contribution in [0.4, 0.5) is 0 Å². The van der Waals surface area contributed by atoms with Crippen LogP contribution < -0.4 is 0 Å². The van der Waals surface area contributed by atoms with E-state index in [-0.39, 0.29) is 0 Å². The van der Waals surface area contributed by atoms with Gasteiger partial charge in [-0.05, 0) is 26.0 Å². The van der Waals surface area contributed by atoms with E-state index in [9.17, 15) is 4.79 Å². The Morgan fingerprint density at radius 1 is 1.42 bits per heavy atom. The van der Waals surface area contributed by atoms with Crippen molar-refractivity contribution in [1.29, 1.82) is 0 Å². The van der Waals surface area contributed by atoms with Crippen LogP contribution in [0.5, 0.6) is 0 Å². The van der Waals surface area contributed by atoms with E-state index in [1.54, 1.807) is 29.1 Å². The van der Waals surface area contributed by atoms with Crippen molar-refractivity contribution in [2.75, 3.05) is 7.11 Å². The molecule has 0 atom stereocenters. The van der Waals surface area contributed by atoms with Gasteiger partial charge in [-0.3, -0.25) is 9.39 Å². The molecule has 5 heteroatoms. The van der Waals surface area contributed by atoms with E-state index >= 15 is 0 Å². The number of hydrogen-bond donors (Lipinski definition) is 0. The molecule has 0 unspecified atom stereocenters. The molecule has 2 aromatic heterocycles. The summed E-state index contributed by atoms with van der Waals surface area (Å²) in [6.07, 6.45) is 6.96. The molecule has 0 spiro atoms. The van der Waals surface area contributed by atoms with Crippen LogP contribution in [0, 0.1) is 0 Å². The van der Waals surface area contributed by atoms with E-state index in [0.717, 1.165) is 11.3 Å². The quantitative estimate of drug-likeness (QED) is 0.627. The van der Waals surface area contributed by atoms with Crippen LogP contribution in [0.15, 0.2) is 35.6 Å². The van der Waals surface area contributed by atoms with Crippen molar-refractivity contribution in [2.45, 2.75) is 13.8 Å². The molecule has 98 valence electrons. The molecule has 0 aromatic carbocycles. The molecular formula is C14H15N3O2. The lowest BCUT2D eigenvalue weighted by Gasteiger charge is -2.07. The van der Waals surface area contributed by atoms with Crippen LogP contribution in [0.1, 0.15) is 29.9 Å². The highest BCUT2D eigenvalue weighted by Crippen LogP contribution is 2.20. The van der Waals surface area contributed by atoms with Crippen molar-refractivity contribution in [3.63, 3.8) is 0 Å². The van der Waals surface area contributed by atoms with Crippen LogP contribution in [0.3, 0.4) is 0 Å². The molecule has 0 aliphatic carbocycles. The first kappa shape index (κ1) is 13.0. The van der Waals surface area contributed by atoms with Crippen molar-refractivity contribution >= 4 is 23.5 Å². The van der Waals surface area contributed by atoms with Gasteiger partial charge in [-0.25, -0.2) is 9.78 Å². The molecule has 0 aliphatic rings. The number of allylic oxidation sites excluding steroid dienone is 1. The summed E-state index contributed by atoms with van der Waals surface area (Å²) >= 11 is 0. The van der Waals surface area contributed by atoms with Gasteiger partial charge in [0.25, 0.3) is 0 Å². The van der Waals surface area contributed by atoms with Gasteiger partial charge >= 0.3 is 5.97 Å². The van der Waals surface area contributed by atoms with Crippen LogP contribution >= 0.6 is 0 Å². The van der Waals surface area contributed by atoms with Crippen LogP contribution in [0.2, 0.25) is 0 Å². The lowest BCUT2D eigenvalue weighted by Crippen LogP contribution is -2.08. The molecule has 0 saturated carbocycles. The normalized spacial score (nSPS) is 12.3. The maximum Gasteiger partial charge on any atom is 0.355 e. The number of ether oxygens (including phenoxy) is 1. The second-order valence-electron chi connectivity index (χ2n) is 3.84. The minimum Gasteiger partial charge on any atom is -0.464 e. The smallest absolute Gasteiger partial charge is 0.355 e. The van der Waals surface area contributed by atoms with Crippen molar-refractivity contribution in [2.24, 2.45) is 4.99 Å². The number of hydrogen-bond acceptors (Lipinski definition) is 4. The first-order valence-corrected chi connectivity index (χ1v) is 5.92. The maximum atomic E-state index is 11.8. The molecule has 2 heterocycles. The maximum absolute atomic E-state index is 11.8. The third-order valence-corrected chi connectivity index (χ3v) is 2.74. The number of methoxy groups -OCH3 is 1. The monoisotopic (exact) mass is 257 g/mol. The van der Waals surface area contributed by atoms with E-state index in [2.05, 4.69) is 9.98 Å². The van der Waals surface area contributed by atoms with Gasteiger partial charge in [0.2, 0.25) is 0 Å². The Labute approximate surface area is 111 Å². The summed E-state index contributed by atoms with van der Waals surface area (Å²) < 4.78 is 6.49. The zero-order chi connectivity index (χ0) is 13.8. The molecule has 0 saturated heterocycles. The van der Waals surface area contributed by atoms with Gasteiger partial charge in [-0.2, -0.15) is 0 Å². The number of carbonyl (C=O) groups is 1. The summed E-state index contributed by atoms with van der Waals surface area (Å²) in [7, 11) is 1.36. The topological polar surface area (TPSA) is 56.0 Å². The molecule has 2 aromatic rings. The van der Waals surface area contributed by atoms with Crippen molar-refractivity contribution in [1.82, 2.24) is 9.38 Å². The van der Waals surface area contributed by atoms with Gasteiger partial charge in [-0.1, -0.05) is 6.08 Å². The molecular weight excluding hydrogens is 242 g/mol. The number of aliphatic imine (C=N–C) groups is 1. The van der Waals surface area contributed by atoms with Gasteiger partial charge in [0.05, 0.1) is 12.8 Å². The predicted molar refractivity (Wildman–Crippen MR) is 74.3 cm³/mol. The number of carbonyl (C=O) groups excluding carboxylic acids is 1. The highest BCUT2D eigenvalue weighted by molar-refractivity contribution is 5.90. The predicted octanol–water partition coefficient (Wildman–Crippen LogP) is 2.57. The number of rotatable bonds is 3. The van der Waals surface area contributed by atoms with E-state index in [4.69, 9.17) is 4.74 Å². The number of imidazole rings is 1. The summed E-state index contributed by atoms with van der Waals surface area (Å²) in [5, 5.41) is 0. The summed E-state index contributed by atoms with van der Waals surface area (Å²) in [5.41, 5.74) is 2.74. The average Bonchev–Trinajstić information content (AvgIpc) is 2.91. The number of fused-ring (bicyclic) bond motifs is 1. The highest BCUT2D eigenvalue weighted by atomic mass is 16.5. The SMILES string of the molecule is C/C=N\C(=C/C)c1cc(C(=O)OC)n2ccnc2c1. The van der Waals surface area contributed by atoms with E-state index < -0.39 is 5.97 Å². The molecule has 0 bridgehead atoms. The Morgan fingerprint density at radius 2 is 2.21 bits per heavy atom. The Hall–Kier alpha value is -2.43. The molecule has 0 fully saturated rings. The average molecular weight is 257 g/mol. The Bertz CT molecular complexity index is 668. The Balaban J connectivity index is 2.67. The third kappa shape index (κ3) is 2.40. The fourth-order valence-electron chi connectivity index (χ4n) is 1.89. The van der Waals surface area contributed by atoms with Gasteiger partial charge in [0.15, 0.2) is 0 Å². The summed E-state index contributed by atoms with van der Waals surface area (Å²) in [5.74, 6) is -0.402. The van der Waals surface area contributed by atoms with Crippen LogP contribution in [0.25, 0.3) is 11.3 Å². The first-order valence-electron chi connectivity index (χ1n) is 5.92. The minimum atomic E-state index is -0.402. The summed E-state index contributed by atoms with van der Waals surface area (Å²) in [6, 6.07) is 3.64.